The summed E-state index contributed by atoms with van der Waals surface area (Å²) in [5.41, 5.74) is 0.846. The molecule has 0 aromatic heterocycles. The predicted molar refractivity (Wildman–Crippen MR) is 163 cm³/mol. The summed E-state index contributed by atoms with van der Waals surface area (Å²) in [6, 6.07) is 10.6. The molecule has 0 radical (unpaired) electrons. The van der Waals surface area contributed by atoms with E-state index in [4.69, 9.17) is 9.47 Å². The van der Waals surface area contributed by atoms with Gasteiger partial charge in [0.2, 0.25) is 0 Å². The third-order valence-electron chi connectivity index (χ3n) is 8.88. The van der Waals surface area contributed by atoms with Gasteiger partial charge in [-0.2, -0.15) is 0 Å². The van der Waals surface area contributed by atoms with Gasteiger partial charge in [-0.25, -0.2) is 0 Å². The van der Waals surface area contributed by atoms with Gasteiger partial charge in [0.25, 0.3) is 0 Å². The standard InChI is InChI=1S/C35H55NO4/c1-3-4-5-6-7-8-9-10-11-12-13-14-15-16-20-23-34(37)39-28-33(29-21-18-17-19-22-29)35(38)40-32-26-30-24-25-31(27-32)36(30)2/h8-9,17-19,21-22,30-33H,3-7,10-16,20,23-28H2,1-2H3/b9-8+/t30-,31+,32+,33?. The van der Waals surface area contributed by atoms with Gasteiger partial charge in [-0.3, -0.25) is 9.59 Å². The Morgan fingerprint density at radius 2 is 1.43 bits per heavy atom. The molecular formula is C35H55NO4. The van der Waals surface area contributed by atoms with E-state index in [2.05, 4.69) is 31.0 Å². The fraction of sp³-hybridized carbons (Fsp3) is 0.714. The largest absolute Gasteiger partial charge is 0.464 e. The minimum atomic E-state index is -0.571. The lowest BCUT2D eigenvalue weighted by Crippen LogP contribution is -2.44. The van der Waals surface area contributed by atoms with Crippen LogP contribution >= 0.6 is 0 Å². The van der Waals surface area contributed by atoms with Crippen molar-refractivity contribution in [3.05, 3.63) is 48.0 Å². The summed E-state index contributed by atoms with van der Waals surface area (Å²) in [7, 11) is 2.18. The van der Waals surface area contributed by atoms with E-state index in [1.54, 1.807) is 0 Å². The minimum absolute atomic E-state index is 0.0418. The lowest BCUT2D eigenvalue weighted by Gasteiger charge is -2.36. The SMILES string of the molecule is CCCCCC/C=C/CCCCCCCCCC(=O)OCC(C(=O)O[C@H]1C[C@H]2CC[C@@H](C1)N2C)c1ccccc1. The third kappa shape index (κ3) is 11.8. The van der Waals surface area contributed by atoms with Crippen molar-refractivity contribution < 1.29 is 19.1 Å². The maximum absolute atomic E-state index is 13.2. The van der Waals surface area contributed by atoms with Gasteiger partial charge in [0.15, 0.2) is 0 Å². The topological polar surface area (TPSA) is 55.8 Å². The number of hydrogen-bond donors (Lipinski definition) is 0. The number of carbonyl (C=O) groups is 2. The van der Waals surface area contributed by atoms with Crippen LogP contribution in [0, 0.1) is 0 Å². The molecule has 0 aliphatic carbocycles. The van der Waals surface area contributed by atoms with E-state index in [9.17, 15) is 9.59 Å². The van der Waals surface area contributed by atoms with Crippen molar-refractivity contribution in [2.75, 3.05) is 13.7 Å². The number of rotatable bonds is 20. The number of esters is 2. The van der Waals surface area contributed by atoms with E-state index in [-0.39, 0.29) is 24.6 Å². The molecule has 1 unspecified atom stereocenters. The highest BCUT2D eigenvalue weighted by molar-refractivity contribution is 5.79. The number of fused-ring (bicyclic) bond motifs is 2. The van der Waals surface area contributed by atoms with Gasteiger partial charge in [-0.15, -0.1) is 0 Å². The van der Waals surface area contributed by atoms with E-state index in [0.29, 0.717) is 18.5 Å². The molecule has 0 saturated carbocycles. The molecule has 1 aromatic rings. The van der Waals surface area contributed by atoms with E-state index in [1.807, 2.05) is 30.3 Å². The van der Waals surface area contributed by atoms with Crippen LogP contribution in [0.25, 0.3) is 0 Å². The Hall–Kier alpha value is -2.14. The zero-order valence-electron chi connectivity index (χ0n) is 25.4. The average Bonchev–Trinajstić information content (AvgIpc) is 3.15. The Labute approximate surface area is 244 Å². The van der Waals surface area contributed by atoms with Crippen LogP contribution in [0.5, 0.6) is 0 Å². The molecule has 2 aliphatic rings. The molecule has 0 amide bonds. The number of unbranched alkanes of at least 4 members (excludes halogenated alkanes) is 11. The van der Waals surface area contributed by atoms with Gasteiger partial charge in [0.05, 0.1) is 0 Å². The highest BCUT2D eigenvalue weighted by Gasteiger charge is 2.40. The lowest BCUT2D eigenvalue weighted by molar-refractivity contribution is -0.158. The highest BCUT2D eigenvalue weighted by Crippen LogP contribution is 2.36. The zero-order chi connectivity index (χ0) is 28.4. The molecule has 0 N–H and O–H groups in total. The Morgan fingerprint density at radius 1 is 0.850 bits per heavy atom. The van der Waals surface area contributed by atoms with E-state index in [1.165, 1.54) is 77.0 Å². The van der Waals surface area contributed by atoms with E-state index in [0.717, 1.165) is 37.7 Å². The molecule has 4 atom stereocenters. The van der Waals surface area contributed by atoms with Crippen molar-refractivity contribution in [1.82, 2.24) is 4.90 Å². The van der Waals surface area contributed by atoms with Gasteiger partial charge in [-0.1, -0.05) is 101 Å². The fourth-order valence-corrected chi connectivity index (χ4v) is 6.28. The van der Waals surface area contributed by atoms with Crippen molar-refractivity contribution in [3.8, 4) is 0 Å². The number of piperidine rings is 1. The van der Waals surface area contributed by atoms with Crippen LogP contribution in [0.4, 0.5) is 0 Å². The summed E-state index contributed by atoms with van der Waals surface area (Å²) in [5, 5.41) is 0. The monoisotopic (exact) mass is 553 g/mol. The Bertz CT molecular complexity index is 855. The summed E-state index contributed by atoms with van der Waals surface area (Å²) in [5.74, 6) is -1.05. The molecule has 5 heteroatoms. The van der Waals surface area contributed by atoms with E-state index >= 15 is 0 Å². The molecule has 2 fully saturated rings. The minimum Gasteiger partial charge on any atom is -0.464 e. The smallest absolute Gasteiger partial charge is 0.317 e. The van der Waals surface area contributed by atoms with Crippen LogP contribution in [-0.4, -0.2) is 48.7 Å². The summed E-state index contributed by atoms with van der Waals surface area (Å²) in [4.78, 5) is 28.1. The maximum Gasteiger partial charge on any atom is 0.317 e. The van der Waals surface area contributed by atoms with Gasteiger partial charge < -0.3 is 14.4 Å². The first-order chi connectivity index (χ1) is 19.6. The van der Waals surface area contributed by atoms with Gasteiger partial charge in [-0.05, 0) is 70.4 Å². The Morgan fingerprint density at radius 3 is 2.05 bits per heavy atom. The van der Waals surface area contributed by atoms with Crippen LogP contribution in [0.1, 0.15) is 134 Å². The summed E-state index contributed by atoms with van der Waals surface area (Å²) < 4.78 is 11.6. The average molecular weight is 554 g/mol. The number of ether oxygens (including phenoxy) is 2. The van der Waals surface area contributed by atoms with Crippen molar-refractivity contribution in [2.24, 2.45) is 0 Å². The first-order valence-electron chi connectivity index (χ1n) is 16.4. The third-order valence-corrected chi connectivity index (χ3v) is 8.88. The zero-order valence-corrected chi connectivity index (χ0v) is 25.4. The summed E-state index contributed by atoms with van der Waals surface area (Å²) in [6.45, 7) is 2.31. The van der Waals surface area contributed by atoms with Crippen LogP contribution in [0.3, 0.4) is 0 Å². The molecule has 2 aliphatic heterocycles. The first-order valence-corrected chi connectivity index (χ1v) is 16.4. The maximum atomic E-state index is 13.2. The molecule has 2 heterocycles. The van der Waals surface area contributed by atoms with Crippen LogP contribution < -0.4 is 0 Å². The Balaban J connectivity index is 1.26. The molecule has 0 spiro atoms. The quantitative estimate of drug-likeness (QED) is 0.0920. The second-order valence-corrected chi connectivity index (χ2v) is 12.1. The molecule has 1 aromatic carbocycles. The number of hydrogen-bond acceptors (Lipinski definition) is 5. The lowest BCUT2D eigenvalue weighted by atomic mass is 9.98. The van der Waals surface area contributed by atoms with Crippen molar-refractivity contribution in [3.63, 3.8) is 0 Å². The normalized spacial score (nSPS) is 21.5. The molecule has 2 saturated heterocycles. The predicted octanol–water partition coefficient (Wildman–Crippen LogP) is 8.52. The van der Waals surface area contributed by atoms with Crippen LogP contribution in [-0.2, 0) is 19.1 Å². The van der Waals surface area contributed by atoms with Crippen molar-refractivity contribution in [2.45, 2.75) is 147 Å². The number of nitrogens with zero attached hydrogens (tertiary/aromatic N) is 1. The second-order valence-electron chi connectivity index (χ2n) is 12.1. The molecule has 40 heavy (non-hydrogen) atoms. The summed E-state index contributed by atoms with van der Waals surface area (Å²) >= 11 is 0. The van der Waals surface area contributed by atoms with Crippen LogP contribution in [0.15, 0.2) is 42.5 Å². The number of allylic oxidation sites excluding steroid dienone is 2. The summed E-state index contributed by atoms with van der Waals surface area (Å²) in [6.07, 6.45) is 25.2. The van der Waals surface area contributed by atoms with E-state index < -0.39 is 5.92 Å². The molecule has 5 nitrogen and oxygen atoms in total. The molecular weight excluding hydrogens is 498 g/mol. The van der Waals surface area contributed by atoms with Gasteiger partial charge >= 0.3 is 11.9 Å². The van der Waals surface area contributed by atoms with Gasteiger partial charge in [0.1, 0.15) is 18.6 Å². The second kappa shape index (κ2) is 19.1. The molecule has 224 valence electrons. The number of carbonyl (C=O) groups excluding carboxylic acids is 2. The Kier molecular flexibility index (Phi) is 15.4. The fourth-order valence-electron chi connectivity index (χ4n) is 6.28. The first kappa shape index (κ1) is 32.4. The van der Waals surface area contributed by atoms with Crippen LogP contribution in [0.2, 0.25) is 0 Å². The van der Waals surface area contributed by atoms with Crippen molar-refractivity contribution in [1.29, 1.82) is 0 Å². The van der Waals surface area contributed by atoms with Crippen molar-refractivity contribution >= 4 is 11.9 Å². The molecule has 3 rings (SSSR count). The van der Waals surface area contributed by atoms with Gasteiger partial charge in [0, 0.05) is 18.5 Å². The molecule has 2 bridgehead atoms. The highest BCUT2D eigenvalue weighted by atomic mass is 16.6. The number of benzene rings is 1.